The fraction of sp³-hybridized carbons (Fsp3) is 0.867. The molecule has 0 aromatic heterocycles. The summed E-state index contributed by atoms with van der Waals surface area (Å²) in [6.07, 6.45) is 1.51. The molecule has 1 unspecified atom stereocenters. The van der Waals surface area contributed by atoms with E-state index in [9.17, 15) is 9.59 Å². The Morgan fingerprint density at radius 2 is 1.62 bits per heavy atom. The van der Waals surface area contributed by atoms with Gasteiger partial charge in [0, 0.05) is 46.7 Å². The maximum atomic E-state index is 12.3. The molecular formula is C15H30N4O2. The van der Waals surface area contributed by atoms with Crippen LogP contribution in [0.1, 0.15) is 26.7 Å². The van der Waals surface area contributed by atoms with Gasteiger partial charge in [0.05, 0.1) is 0 Å². The smallest absolute Gasteiger partial charge is 0.319 e. The predicted molar refractivity (Wildman–Crippen MR) is 83.9 cm³/mol. The van der Waals surface area contributed by atoms with Crippen molar-refractivity contribution in [2.24, 2.45) is 17.6 Å². The van der Waals surface area contributed by atoms with Crippen LogP contribution in [-0.2, 0) is 4.79 Å². The molecule has 0 saturated carbocycles. The van der Waals surface area contributed by atoms with Gasteiger partial charge in [-0.15, -0.1) is 0 Å². The third-order valence-corrected chi connectivity index (χ3v) is 3.89. The average Bonchev–Trinajstić information content (AvgIpc) is 2.45. The number of hydrogen-bond donors (Lipinski definition) is 1. The molecule has 3 amide bonds. The molecule has 0 aromatic rings. The van der Waals surface area contributed by atoms with Gasteiger partial charge in [-0.25, -0.2) is 4.79 Å². The van der Waals surface area contributed by atoms with Crippen LogP contribution < -0.4 is 5.73 Å². The van der Waals surface area contributed by atoms with Crippen molar-refractivity contribution in [3.63, 3.8) is 0 Å². The average molecular weight is 298 g/mol. The Balaban J connectivity index is 2.42. The summed E-state index contributed by atoms with van der Waals surface area (Å²) in [6, 6.07) is 0.0155. The molecule has 1 rings (SSSR count). The van der Waals surface area contributed by atoms with E-state index in [4.69, 9.17) is 5.73 Å². The minimum atomic E-state index is 0.0155. The molecule has 0 aliphatic carbocycles. The SMILES string of the molecule is CC(C)CC(CN)CC(=O)N1CCN(C(=O)N(C)C)CC1. The Hall–Kier alpha value is -1.30. The van der Waals surface area contributed by atoms with Gasteiger partial charge in [-0.05, 0) is 24.8 Å². The summed E-state index contributed by atoms with van der Waals surface area (Å²) in [7, 11) is 3.50. The number of carbonyl (C=O) groups excluding carboxylic acids is 2. The largest absolute Gasteiger partial charge is 0.339 e. The second-order valence-electron chi connectivity index (χ2n) is 6.48. The van der Waals surface area contributed by atoms with E-state index in [1.807, 2.05) is 4.90 Å². The highest BCUT2D eigenvalue weighted by Gasteiger charge is 2.26. The third-order valence-electron chi connectivity index (χ3n) is 3.89. The normalized spacial score (nSPS) is 17.0. The number of piperazine rings is 1. The van der Waals surface area contributed by atoms with Crippen LogP contribution in [0.5, 0.6) is 0 Å². The molecular weight excluding hydrogens is 268 g/mol. The van der Waals surface area contributed by atoms with Gasteiger partial charge in [0.15, 0.2) is 0 Å². The zero-order chi connectivity index (χ0) is 16.0. The molecule has 1 fully saturated rings. The quantitative estimate of drug-likeness (QED) is 0.817. The Morgan fingerprint density at radius 1 is 1.10 bits per heavy atom. The Bertz CT molecular complexity index is 350. The van der Waals surface area contributed by atoms with E-state index >= 15 is 0 Å². The topological polar surface area (TPSA) is 69.9 Å². The Labute approximate surface area is 128 Å². The van der Waals surface area contributed by atoms with Crippen LogP contribution in [0.2, 0.25) is 0 Å². The van der Waals surface area contributed by atoms with E-state index in [1.54, 1.807) is 23.9 Å². The summed E-state index contributed by atoms with van der Waals surface area (Å²) < 4.78 is 0. The number of urea groups is 1. The van der Waals surface area contributed by atoms with E-state index in [-0.39, 0.29) is 17.9 Å². The monoisotopic (exact) mass is 298 g/mol. The number of rotatable bonds is 5. The first-order valence-corrected chi connectivity index (χ1v) is 7.79. The fourth-order valence-electron chi connectivity index (χ4n) is 2.74. The lowest BCUT2D eigenvalue weighted by Crippen LogP contribution is -2.53. The highest BCUT2D eigenvalue weighted by molar-refractivity contribution is 5.77. The Kier molecular flexibility index (Phi) is 6.95. The Morgan fingerprint density at radius 3 is 2.05 bits per heavy atom. The first-order chi connectivity index (χ1) is 9.85. The van der Waals surface area contributed by atoms with Crippen LogP contribution in [0, 0.1) is 11.8 Å². The number of nitrogens with zero attached hydrogens (tertiary/aromatic N) is 3. The zero-order valence-corrected chi connectivity index (χ0v) is 13.8. The van der Waals surface area contributed by atoms with Crippen molar-refractivity contribution in [2.75, 3.05) is 46.8 Å². The van der Waals surface area contributed by atoms with Gasteiger partial charge < -0.3 is 20.4 Å². The molecule has 6 nitrogen and oxygen atoms in total. The minimum Gasteiger partial charge on any atom is -0.339 e. The second kappa shape index (κ2) is 8.22. The maximum absolute atomic E-state index is 12.3. The van der Waals surface area contributed by atoms with Crippen LogP contribution >= 0.6 is 0 Å². The van der Waals surface area contributed by atoms with Crippen LogP contribution in [-0.4, -0.2) is 73.5 Å². The van der Waals surface area contributed by atoms with E-state index < -0.39 is 0 Å². The standard InChI is InChI=1S/C15H30N4O2/c1-12(2)9-13(11-16)10-14(20)18-5-7-19(8-6-18)15(21)17(3)4/h12-13H,5-11,16H2,1-4H3. The molecule has 1 heterocycles. The molecule has 2 N–H and O–H groups in total. The maximum Gasteiger partial charge on any atom is 0.319 e. The van der Waals surface area contributed by atoms with Crippen molar-refractivity contribution < 1.29 is 9.59 Å². The van der Waals surface area contributed by atoms with Gasteiger partial charge in [-0.1, -0.05) is 13.8 Å². The number of carbonyl (C=O) groups is 2. The van der Waals surface area contributed by atoms with Crippen molar-refractivity contribution in [1.82, 2.24) is 14.7 Å². The zero-order valence-electron chi connectivity index (χ0n) is 13.8. The van der Waals surface area contributed by atoms with Gasteiger partial charge in [-0.3, -0.25) is 4.79 Å². The molecule has 1 aliphatic rings. The van der Waals surface area contributed by atoms with Gasteiger partial charge in [-0.2, -0.15) is 0 Å². The lowest BCUT2D eigenvalue weighted by Gasteiger charge is -2.36. The lowest BCUT2D eigenvalue weighted by molar-refractivity contribution is -0.133. The van der Waals surface area contributed by atoms with E-state index in [1.165, 1.54) is 0 Å². The summed E-state index contributed by atoms with van der Waals surface area (Å²) in [6.45, 7) is 7.33. The van der Waals surface area contributed by atoms with E-state index in [0.717, 1.165) is 6.42 Å². The number of hydrogen-bond acceptors (Lipinski definition) is 3. The third kappa shape index (κ3) is 5.53. The van der Waals surface area contributed by atoms with Crippen molar-refractivity contribution in [2.45, 2.75) is 26.7 Å². The summed E-state index contributed by atoms with van der Waals surface area (Å²) in [5, 5.41) is 0. The fourth-order valence-corrected chi connectivity index (χ4v) is 2.74. The van der Waals surface area contributed by atoms with Crippen molar-refractivity contribution >= 4 is 11.9 Å². The number of nitrogens with two attached hydrogens (primary N) is 1. The van der Waals surface area contributed by atoms with Crippen molar-refractivity contribution in [1.29, 1.82) is 0 Å². The molecule has 6 heteroatoms. The van der Waals surface area contributed by atoms with E-state index in [2.05, 4.69) is 13.8 Å². The van der Waals surface area contributed by atoms with Gasteiger partial charge in [0.25, 0.3) is 0 Å². The molecule has 0 radical (unpaired) electrons. The van der Waals surface area contributed by atoms with Gasteiger partial charge >= 0.3 is 6.03 Å². The van der Waals surface area contributed by atoms with Gasteiger partial charge in [0.1, 0.15) is 0 Å². The molecule has 0 aromatic carbocycles. The summed E-state index contributed by atoms with van der Waals surface area (Å²) in [4.78, 5) is 29.4. The van der Waals surface area contributed by atoms with Gasteiger partial charge in [0.2, 0.25) is 5.91 Å². The summed E-state index contributed by atoms with van der Waals surface area (Å²) >= 11 is 0. The lowest BCUT2D eigenvalue weighted by atomic mass is 9.93. The van der Waals surface area contributed by atoms with Crippen LogP contribution in [0.3, 0.4) is 0 Å². The van der Waals surface area contributed by atoms with Crippen molar-refractivity contribution in [3.8, 4) is 0 Å². The molecule has 1 saturated heterocycles. The van der Waals surface area contributed by atoms with Crippen LogP contribution in [0.4, 0.5) is 4.79 Å². The molecule has 1 atom stereocenters. The molecule has 0 spiro atoms. The molecule has 21 heavy (non-hydrogen) atoms. The molecule has 0 bridgehead atoms. The highest BCUT2D eigenvalue weighted by Crippen LogP contribution is 2.16. The summed E-state index contributed by atoms with van der Waals surface area (Å²) in [5.41, 5.74) is 5.76. The number of amides is 3. The first-order valence-electron chi connectivity index (χ1n) is 7.79. The van der Waals surface area contributed by atoms with Crippen LogP contribution in [0.15, 0.2) is 0 Å². The second-order valence-corrected chi connectivity index (χ2v) is 6.48. The molecule has 122 valence electrons. The van der Waals surface area contributed by atoms with Crippen LogP contribution in [0.25, 0.3) is 0 Å². The highest BCUT2D eigenvalue weighted by atomic mass is 16.2. The predicted octanol–water partition coefficient (Wildman–Crippen LogP) is 0.823. The minimum absolute atomic E-state index is 0.0155. The van der Waals surface area contributed by atoms with Crippen molar-refractivity contribution in [3.05, 3.63) is 0 Å². The molecule has 1 aliphatic heterocycles. The van der Waals surface area contributed by atoms with E-state index in [0.29, 0.717) is 45.1 Å². The first kappa shape index (κ1) is 17.8. The summed E-state index contributed by atoms with van der Waals surface area (Å²) in [5.74, 6) is 0.989.